The minimum atomic E-state index is 0.645. The van der Waals surface area contributed by atoms with Crippen LogP contribution in [-0.4, -0.2) is 44.9 Å². The van der Waals surface area contributed by atoms with E-state index in [1.807, 2.05) is 6.07 Å². The molecule has 0 radical (unpaired) electrons. The van der Waals surface area contributed by atoms with Crippen LogP contribution in [0.25, 0.3) is 284 Å². The maximum atomic E-state index is 5.22. The molecule has 0 N–H and O–H groups in total. The number of rotatable bonds is 15. The summed E-state index contributed by atoms with van der Waals surface area (Å²) >= 11 is 5.36. The van der Waals surface area contributed by atoms with Crippen LogP contribution >= 0.6 is 34.0 Å². The summed E-state index contributed by atoms with van der Waals surface area (Å²) in [6, 6.07) is 182. The third kappa shape index (κ3) is 17.5. The highest BCUT2D eigenvalue weighted by atomic mass is 32.1. The lowest BCUT2D eigenvalue weighted by Crippen LogP contribution is -2.00. The van der Waals surface area contributed by atoms with E-state index in [1.54, 1.807) is 34.0 Å². The fourth-order valence-corrected chi connectivity index (χ4v) is 24.2. The summed E-state index contributed by atoms with van der Waals surface area (Å²) in [6.07, 6.45) is 0. The van der Waals surface area contributed by atoms with Crippen molar-refractivity contribution in [1.82, 2.24) is 44.9 Å². The molecule has 0 atom stereocenters. The second-order valence-corrected chi connectivity index (χ2v) is 40.5. The van der Waals surface area contributed by atoms with E-state index in [0.29, 0.717) is 52.4 Å². The second-order valence-electron chi connectivity index (χ2n) is 37.4. The number of hydrogen-bond donors (Lipinski definition) is 0. The minimum absolute atomic E-state index is 0.645. The molecule has 0 saturated carbocycles. The standard InChI is InChI=1S/2C47H29N3S.C43H27N3S/c1-3-11-34-27-37(25-21-30(34)9-1)32-19-23-33(24-20-32)45-48-46(39-14-7-13-36(29-39)38-26-22-31-10-2-4-12-35(31)28-38)50-47(49-45)42-17-8-16-41-40-15-5-6-18-43(40)51-44(41)42;1-2-13-32-27-34(26-25-30(32)11-1)33-15-7-17-36(28-33)45-48-46(37-18-8-16-35(29-37)39-21-9-14-31-12-3-4-19-38(31)39)50-47(49-45)42-23-10-22-41-40-20-5-6-24-43(40)51-44(41)42;1-2-11-28(12-3-1)31-15-8-17-34(26-31)41-44-42(35-18-9-16-32(27-35)33-24-23-29-13-4-5-14-30(29)25-33)46-43(45-41)38-21-10-20-37-36-19-6-7-22-39(36)47-40(37)38/h2*1-29H;1-27H. The summed E-state index contributed by atoms with van der Waals surface area (Å²) < 4.78 is 7.29. The van der Waals surface area contributed by atoms with Gasteiger partial charge in [0.1, 0.15) is 0 Å². The number of fused-ring (bicyclic) bond motifs is 14. The Morgan fingerprint density at radius 2 is 0.315 bits per heavy atom. The second kappa shape index (κ2) is 38.6. The van der Waals surface area contributed by atoms with Gasteiger partial charge in [0.15, 0.2) is 52.4 Å². The Bertz CT molecular complexity index is 10300. The van der Waals surface area contributed by atoms with Crippen LogP contribution in [0.1, 0.15) is 0 Å². The van der Waals surface area contributed by atoms with Crippen LogP contribution in [0, 0.1) is 0 Å². The molecule has 12 heteroatoms. The average molecular weight is 1950 g/mol. The maximum Gasteiger partial charge on any atom is 0.165 e. The maximum absolute atomic E-state index is 5.22. The van der Waals surface area contributed by atoms with Crippen molar-refractivity contribution in [3.8, 4) is 169 Å². The molecule has 9 nitrogen and oxygen atoms in total. The Labute approximate surface area is 871 Å². The van der Waals surface area contributed by atoms with Gasteiger partial charge in [-0.15, -0.1) is 34.0 Å². The van der Waals surface area contributed by atoms with Crippen molar-refractivity contribution < 1.29 is 0 Å². The zero-order valence-corrected chi connectivity index (χ0v) is 82.8. The van der Waals surface area contributed by atoms with Gasteiger partial charge in [0.05, 0.1) is 0 Å². The summed E-state index contributed by atoms with van der Waals surface area (Å²) in [6.45, 7) is 0. The molecule has 0 aliphatic carbocycles. The van der Waals surface area contributed by atoms with Gasteiger partial charge >= 0.3 is 0 Å². The Hall–Kier alpha value is -19.0. The molecule has 0 aliphatic heterocycles. The van der Waals surface area contributed by atoms with Gasteiger partial charge < -0.3 is 0 Å². The highest BCUT2D eigenvalue weighted by molar-refractivity contribution is 7.27. The van der Waals surface area contributed by atoms with Crippen LogP contribution in [-0.2, 0) is 0 Å². The van der Waals surface area contributed by atoms with Gasteiger partial charge in [-0.25, -0.2) is 44.9 Å². The zero-order valence-electron chi connectivity index (χ0n) is 80.3. The van der Waals surface area contributed by atoms with Crippen molar-refractivity contribution in [2.45, 2.75) is 0 Å². The Morgan fingerprint density at radius 1 is 0.107 bits per heavy atom. The Kier molecular flexibility index (Phi) is 23.1. The van der Waals surface area contributed by atoms with Crippen LogP contribution in [0.3, 0.4) is 0 Å². The normalized spacial score (nSPS) is 11.5. The molecule has 0 spiro atoms. The highest BCUT2D eigenvalue weighted by Crippen LogP contribution is 2.47. The molecule has 23 aromatic carbocycles. The van der Waals surface area contributed by atoms with Gasteiger partial charge in [-0.3, -0.25) is 0 Å². The van der Waals surface area contributed by atoms with Gasteiger partial charge in [0.2, 0.25) is 0 Å². The summed E-state index contributed by atoms with van der Waals surface area (Å²) in [4.78, 5) is 46.5. The molecule has 696 valence electrons. The van der Waals surface area contributed by atoms with Crippen LogP contribution in [0.4, 0.5) is 0 Å². The third-order valence-corrected chi connectivity index (χ3v) is 31.8. The van der Waals surface area contributed by atoms with E-state index in [2.05, 4.69) is 510 Å². The lowest BCUT2D eigenvalue weighted by atomic mass is 9.97. The molecule has 0 unspecified atom stereocenters. The zero-order chi connectivity index (χ0) is 98.6. The molecule has 0 bridgehead atoms. The van der Waals surface area contributed by atoms with E-state index in [9.17, 15) is 0 Å². The molecule has 6 aromatic heterocycles. The largest absolute Gasteiger partial charge is 0.208 e. The predicted octanol–water partition coefficient (Wildman–Crippen LogP) is 37.5. The van der Waals surface area contributed by atoms with E-state index >= 15 is 0 Å². The first-order valence-electron chi connectivity index (χ1n) is 49.9. The topological polar surface area (TPSA) is 116 Å². The van der Waals surface area contributed by atoms with Crippen molar-refractivity contribution in [3.05, 3.63) is 516 Å². The number of benzene rings is 23. The summed E-state index contributed by atoms with van der Waals surface area (Å²) in [5.74, 6) is 5.89. The van der Waals surface area contributed by atoms with Crippen LogP contribution < -0.4 is 0 Å². The summed E-state index contributed by atoms with van der Waals surface area (Å²) in [5.41, 5.74) is 22.4. The van der Waals surface area contributed by atoms with Crippen LogP contribution in [0.15, 0.2) is 516 Å². The number of thiophene rings is 3. The fraction of sp³-hybridized carbons (Fsp3) is 0. The van der Waals surface area contributed by atoms with Crippen molar-refractivity contribution in [2.24, 2.45) is 0 Å². The molecule has 0 amide bonds. The number of hydrogen-bond acceptors (Lipinski definition) is 12. The molecular weight excluding hydrogens is 1870 g/mol. The summed E-state index contributed by atoms with van der Waals surface area (Å²) in [7, 11) is 0. The molecular formula is C137H85N9S3. The molecule has 0 saturated heterocycles. The smallest absolute Gasteiger partial charge is 0.165 e. The fourth-order valence-electron chi connectivity index (χ4n) is 20.6. The molecule has 6 heterocycles. The SMILES string of the molecule is c1cc(-c2ccc3ccccc3c2)cc(-c2nc(-c3ccc(-c4ccc5ccccc5c4)cc3)nc(-c3cccc4c3sc3ccccc34)n2)c1.c1cc(-c2ccc3ccccc3c2)cc(-c2nc(-c3cccc(-c4cccc5ccccc45)c3)nc(-c3cccc4c3sc3ccccc34)n2)c1.c1ccc(-c2cccc(-c3nc(-c4cccc(-c5ccc6ccccc6c5)c4)nc(-c4cccc5c4sc4ccccc45)n3)c2)cc1. The van der Waals surface area contributed by atoms with Crippen molar-refractivity contribution in [3.63, 3.8) is 0 Å². The van der Waals surface area contributed by atoms with Gasteiger partial charge in [0.25, 0.3) is 0 Å². The molecule has 149 heavy (non-hydrogen) atoms. The van der Waals surface area contributed by atoms with E-state index in [-0.39, 0.29) is 0 Å². The van der Waals surface area contributed by atoms with Crippen molar-refractivity contribution >= 4 is 148 Å². The number of nitrogens with zero attached hydrogens (tertiary/aromatic N) is 9. The Morgan fingerprint density at radius 3 is 0.678 bits per heavy atom. The monoisotopic (exact) mass is 1950 g/mol. The molecule has 29 rings (SSSR count). The first-order valence-corrected chi connectivity index (χ1v) is 52.3. The quantitative estimate of drug-likeness (QED) is 0.0989. The van der Waals surface area contributed by atoms with E-state index in [1.165, 1.54) is 126 Å². The van der Waals surface area contributed by atoms with Crippen molar-refractivity contribution in [2.75, 3.05) is 0 Å². The molecule has 0 aliphatic rings. The van der Waals surface area contributed by atoms with Gasteiger partial charge in [-0.05, 0) is 212 Å². The Balaban J connectivity index is 0.000000110. The van der Waals surface area contributed by atoms with E-state index < -0.39 is 0 Å². The first-order chi connectivity index (χ1) is 73.7. The van der Waals surface area contributed by atoms with Crippen LogP contribution in [0.5, 0.6) is 0 Å². The molecule has 29 aromatic rings. The van der Waals surface area contributed by atoms with E-state index in [0.717, 1.165) is 106 Å². The number of aromatic nitrogens is 9. The third-order valence-electron chi connectivity index (χ3n) is 28.1. The average Bonchev–Trinajstić information content (AvgIpc) is 1.69. The van der Waals surface area contributed by atoms with Gasteiger partial charge in [-0.1, -0.05) is 425 Å². The van der Waals surface area contributed by atoms with Crippen molar-refractivity contribution in [1.29, 1.82) is 0 Å². The van der Waals surface area contributed by atoms with Gasteiger partial charge in [0, 0.05) is 111 Å². The van der Waals surface area contributed by atoms with Crippen LogP contribution in [0.2, 0.25) is 0 Å². The minimum Gasteiger partial charge on any atom is -0.208 e. The molecule has 0 fully saturated rings. The first kappa shape index (κ1) is 88.9. The van der Waals surface area contributed by atoms with E-state index in [4.69, 9.17) is 44.9 Å². The lowest BCUT2D eigenvalue weighted by molar-refractivity contribution is 1.08. The van der Waals surface area contributed by atoms with Gasteiger partial charge in [-0.2, -0.15) is 0 Å². The highest BCUT2D eigenvalue weighted by Gasteiger charge is 2.24. The lowest BCUT2D eigenvalue weighted by Gasteiger charge is -2.12. The predicted molar refractivity (Wildman–Crippen MR) is 627 cm³/mol. The summed E-state index contributed by atoms with van der Waals surface area (Å²) in [5, 5.41) is 19.6.